The van der Waals surface area contributed by atoms with E-state index < -0.39 is 0 Å². The van der Waals surface area contributed by atoms with Crippen molar-refractivity contribution in [1.82, 2.24) is 30.6 Å². The van der Waals surface area contributed by atoms with Crippen LogP contribution in [0.5, 0.6) is 0 Å². The summed E-state index contributed by atoms with van der Waals surface area (Å²) in [5.74, 6) is -0.225. The minimum Gasteiger partial charge on any atom is -0.337 e. The minimum absolute atomic E-state index is 0. The van der Waals surface area contributed by atoms with Gasteiger partial charge in [0.25, 0.3) is 5.91 Å². The summed E-state index contributed by atoms with van der Waals surface area (Å²) in [5, 5.41) is 17.6. The Balaban J connectivity index is 0.00000225. The van der Waals surface area contributed by atoms with Gasteiger partial charge in [-0.1, -0.05) is 35.5 Å². The van der Waals surface area contributed by atoms with Crippen LogP contribution >= 0.6 is 23.7 Å². The molecule has 1 aliphatic rings. The van der Waals surface area contributed by atoms with Crippen LogP contribution in [0.25, 0.3) is 0 Å². The van der Waals surface area contributed by atoms with Crippen molar-refractivity contribution < 1.29 is 4.79 Å². The number of carbonyl (C=O) groups excluding carboxylic acids is 1. The van der Waals surface area contributed by atoms with Gasteiger partial charge in [0.2, 0.25) is 0 Å². The number of carbonyl (C=O) groups is 1. The molecule has 0 saturated carbocycles. The van der Waals surface area contributed by atoms with Gasteiger partial charge in [-0.15, -0.1) is 28.8 Å². The molecule has 1 saturated heterocycles. The molecular formula is C19H23ClN6OS. The molecule has 2 aromatic heterocycles. The smallest absolute Gasteiger partial charge is 0.274 e. The number of thiazole rings is 1. The van der Waals surface area contributed by atoms with Crippen molar-refractivity contribution in [2.24, 2.45) is 0 Å². The van der Waals surface area contributed by atoms with Crippen LogP contribution in [0.4, 0.5) is 0 Å². The Morgan fingerprint density at radius 3 is 2.71 bits per heavy atom. The summed E-state index contributed by atoms with van der Waals surface area (Å²) in [7, 11) is 0. The van der Waals surface area contributed by atoms with Gasteiger partial charge in [0.15, 0.2) is 5.69 Å². The Morgan fingerprint density at radius 2 is 2.04 bits per heavy atom. The van der Waals surface area contributed by atoms with Gasteiger partial charge in [-0.05, 0) is 38.4 Å². The van der Waals surface area contributed by atoms with E-state index in [4.69, 9.17) is 0 Å². The lowest BCUT2D eigenvalue weighted by Crippen LogP contribution is -2.31. The van der Waals surface area contributed by atoms with E-state index >= 15 is 0 Å². The largest absolute Gasteiger partial charge is 0.337 e. The number of hydrogen-bond donors (Lipinski definition) is 2. The van der Waals surface area contributed by atoms with E-state index in [1.165, 1.54) is 11.3 Å². The summed E-state index contributed by atoms with van der Waals surface area (Å²) in [5.41, 5.74) is 2.18. The lowest BCUT2D eigenvalue weighted by atomic mass is 10.1. The first kappa shape index (κ1) is 20.4. The highest BCUT2D eigenvalue weighted by Crippen LogP contribution is 2.25. The zero-order valence-corrected chi connectivity index (χ0v) is 17.2. The Hall–Kier alpha value is -2.29. The van der Waals surface area contributed by atoms with E-state index in [1.807, 2.05) is 47.3 Å². The number of benzene rings is 1. The van der Waals surface area contributed by atoms with Gasteiger partial charge in [0.05, 0.1) is 11.7 Å². The lowest BCUT2D eigenvalue weighted by molar-refractivity contribution is 0.0937. The number of hydrogen-bond acceptors (Lipinski definition) is 6. The van der Waals surface area contributed by atoms with Gasteiger partial charge >= 0.3 is 0 Å². The molecule has 1 fully saturated rings. The summed E-state index contributed by atoms with van der Waals surface area (Å²) in [6, 6.07) is 9.85. The summed E-state index contributed by atoms with van der Waals surface area (Å²) in [6.45, 7) is 3.84. The van der Waals surface area contributed by atoms with Crippen molar-refractivity contribution in [3.63, 3.8) is 0 Å². The molecule has 9 heteroatoms. The van der Waals surface area contributed by atoms with E-state index in [9.17, 15) is 4.79 Å². The maximum absolute atomic E-state index is 13.0. The van der Waals surface area contributed by atoms with Crippen LogP contribution in [0.3, 0.4) is 0 Å². The Morgan fingerprint density at radius 1 is 1.29 bits per heavy atom. The molecule has 1 atom stereocenters. The Bertz CT molecular complexity index is 893. The molecule has 1 unspecified atom stereocenters. The predicted octanol–water partition coefficient (Wildman–Crippen LogP) is 2.91. The highest BCUT2D eigenvalue weighted by atomic mass is 35.5. The average molecular weight is 419 g/mol. The van der Waals surface area contributed by atoms with Gasteiger partial charge < -0.3 is 10.6 Å². The molecule has 0 aliphatic carbocycles. The van der Waals surface area contributed by atoms with E-state index in [0.717, 1.165) is 42.2 Å². The van der Waals surface area contributed by atoms with Gasteiger partial charge in [-0.2, -0.15) is 0 Å². The lowest BCUT2D eigenvalue weighted by Gasteiger charge is -2.23. The van der Waals surface area contributed by atoms with Crippen molar-refractivity contribution in [1.29, 1.82) is 0 Å². The second kappa shape index (κ2) is 9.27. The first-order valence-electron chi connectivity index (χ1n) is 9.11. The number of aromatic nitrogens is 4. The molecule has 1 amide bonds. The molecule has 0 radical (unpaired) electrons. The zero-order chi connectivity index (χ0) is 18.6. The van der Waals surface area contributed by atoms with Gasteiger partial charge in [0, 0.05) is 11.6 Å². The fourth-order valence-corrected chi connectivity index (χ4v) is 4.17. The highest BCUT2D eigenvalue weighted by Gasteiger charge is 2.26. The van der Waals surface area contributed by atoms with Crippen molar-refractivity contribution in [2.45, 2.75) is 31.8 Å². The van der Waals surface area contributed by atoms with Crippen LogP contribution in [-0.2, 0) is 0 Å². The molecule has 28 heavy (non-hydrogen) atoms. The third-order valence-electron chi connectivity index (χ3n) is 4.90. The normalized spacial score (nSPS) is 15.6. The fourth-order valence-electron chi connectivity index (χ4n) is 3.46. The zero-order valence-electron chi connectivity index (χ0n) is 15.5. The first-order valence-corrected chi connectivity index (χ1v) is 9.99. The van der Waals surface area contributed by atoms with Crippen molar-refractivity contribution in [3.05, 3.63) is 63.9 Å². The summed E-state index contributed by atoms with van der Waals surface area (Å²) < 4.78 is 1.90. The SMILES string of the molecule is Cc1c(C(=O)NC(c2ccccc2)c2nccs2)nnn1C1CCNCC1.Cl. The van der Waals surface area contributed by atoms with E-state index in [-0.39, 0.29) is 24.4 Å². The Labute approximate surface area is 174 Å². The quantitative estimate of drug-likeness (QED) is 0.665. The topological polar surface area (TPSA) is 84.7 Å². The Kier molecular flexibility index (Phi) is 6.77. The molecule has 1 aliphatic heterocycles. The van der Waals surface area contributed by atoms with Crippen LogP contribution in [0.1, 0.15) is 51.7 Å². The predicted molar refractivity (Wildman–Crippen MR) is 111 cm³/mol. The van der Waals surface area contributed by atoms with Crippen LogP contribution in [0.15, 0.2) is 41.9 Å². The van der Waals surface area contributed by atoms with Crippen molar-refractivity contribution >= 4 is 29.7 Å². The van der Waals surface area contributed by atoms with Crippen LogP contribution in [0, 0.1) is 6.92 Å². The standard InChI is InChI=1S/C19H22N6OS.ClH/c1-13-16(23-24-25(13)15-7-9-20-10-8-15)18(26)22-17(19-21-11-12-27-19)14-5-3-2-4-6-14;/h2-6,11-12,15,17,20H,7-10H2,1H3,(H,22,26);1H. The minimum atomic E-state index is -0.304. The third-order valence-corrected chi connectivity index (χ3v) is 5.74. The molecule has 3 aromatic rings. The number of halogens is 1. The number of nitrogens with one attached hydrogen (secondary N) is 2. The number of amides is 1. The second-order valence-electron chi connectivity index (χ2n) is 6.64. The maximum atomic E-state index is 13.0. The average Bonchev–Trinajstić information content (AvgIpc) is 3.37. The molecule has 4 rings (SSSR count). The number of nitrogens with zero attached hydrogens (tertiary/aromatic N) is 4. The fraction of sp³-hybridized carbons (Fsp3) is 0.368. The van der Waals surface area contributed by atoms with Crippen LogP contribution in [0.2, 0.25) is 0 Å². The maximum Gasteiger partial charge on any atom is 0.274 e. The molecule has 0 spiro atoms. The van der Waals surface area contributed by atoms with E-state index in [0.29, 0.717) is 11.7 Å². The van der Waals surface area contributed by atoms with E-state index in [2.05, 4.69) is 25.9 Å². The second-order valence-corrected chi connectivity index (χ2v) is 7.56. The third kappa shape index (κ3) is 4.24. The molecule has 148 valence electrons. The van der Waals surface area contributed by atoms with E-state index in [1.54, 1.807) is 6.20 Å². The molecule has 7 nitrogen and oxygen atoms in total. The van der Waals surface area contributed by atoms with Gasteiger partial charge in [0.1, 0.15) is 11.0 Å². The van der Waals surface area contributed by atoms with Gasteiger partial charge in [-0.3, -0.25) is 4.79 Å². The molecular weight excluding hydrogens is 396 g/mol. The van der Waals surface area contributed by atoms with Crippen molar-refractivity contribution in [3.8, 4) is 0 Å². The van der Waals surface area contributed by atoms with Crippen molar-refractivity contribution in [2.75, 3.05) is 13.1 Å². The van der Waals surface area contributed by atoms with Crippen LogP contribution in [-0.4, -0.2) is 39.0 Å². The summed E-state index contributed by atoms with van der Waals surface area (Å²) in [4.78, 5) is 17.4. The summed E-state index contributed by atoms with van der Waals surface area (Å²) in [6.07, 6.45) is 3.74. The molecule has 0 bridgehead atoms. The number of piperidine rings is 1. The monoisotopic (exact) mass is 418 g/mol. The molecule has 3 heterocycles. The number of rotatable bonds is 5. The summed E-state index contributed by atoms with van der Waals surface area (Å²) >= 11 is 1.52. The molecule has 1 aromatic carbocycles. The highest BCUT2D eigenvalue weighted by molar-refractivity contribution is 7.09. The first-order chi connectivity index (χ1) is 13.2. The van der Waals surface area contributed by atoms with Gasteiger partial charge in [-0.25, -0.2) is 9.67 Å². The van der Waals surface area contributed by atoms with Crippen LogP contribution < -0.4 is 10.6 Å². The molecule has 2 N–H and O–H groups in total.